The summed E-state index contributed by atoms with van der Waals surface area (Å²) in [4.78, 5) is 12.2. The van der Waals surface area contributed by atoms with E-state index in [0.29, 0.717) is 11.2 Å². The Bertz CT molecular complexity index is 461. The first-order valence-electron chi connectivity index (χ1n) is 7.09. The number of aromatic nitrogens is 2. The lowest BCUT2D eigenvalue weighted by molar-refractivity contribution is -0.119. The number of amides is 1. The van der Waals surface area contributed by atoms with Crippen molar-refractivity contribution >= 4 is 22.4 Å². The first kappa shape index (κ1) is 13.0. The molecule has 19 heavy (non-hydrogen) atoms. The molecule has 1 aliphatic carbocycles. The zero-order chi connectivity index (χ0) is 13.2. The first-order chi connectivity index (χ1) is 9.22. The van der Waals surface area contributed by atoms with Gasteiger partial charge in [-0.05, 0) is 38.5 Å². The van der Waals surface area contributed by atoms with Gasteiger partial charge >= 0.3 is 0 Å². The molecule has 0 bridgehead atoms. The summed E-state index contributed by atoms with van der Waals surface area (Å²) in [6, 6.07) is 0.470. The summed E-state index contributed by atoms with van der Waals surface area (Å²) < 4.78 is 0. The molecule has 5 nitrogen and oxygen atoms in total. The molecule has 1 aliphatic heterocycles. The van der Waals surface area contributed by atoms with Crippen LogP contribution < -0.4 is 10.6 Å². The van der Waals surface area contributed by atoms with Crippen LogP contribution in [0.2, 0.25) is 0 Å². The maximum absolute atomic E-state index is 12.2. The minimum atomic E-state index is -0.0662. The first-order valence-corrected chi connectivity index (χ1v) is 7.91. The summed E-state index contributed by atoms with van der Waals surface area (Å²) in [5.74, 6) is 0.821. The van der Waals surface area contributed by atoms with Crippen molar-refractivity contribution in [3.63, 3.8) is 0 Å². The van der Waals surface area contributed by atoms with Crippen LogP contribution in [-0.2, 0) is 4.79 Å². The molecule has 3 atom stereocenters. The van der Waals surface area contributed by atoms with Gasteiger partial charge in [-0.25, -0.2) is 0 Å². The van der Waals surface area contributed by atoms with Crippen LogP contribution in [0.1, 0.15) is 43.5 Å². The summed E-state index contributed by atoms with van der Waals surface area (Å²) in [5.41, 5.74) is 0. The van der Waals surface area contributed by atoms with Crippen LogP contribution in [0.4, 0.5) is 5.13 Å². The second kappa shape index (κ2) is 5.54. The van der Waals surface area contributed by atoms with Crippen molar-refractivity contribution in [2.24, 2.45) is 5.92 Å². The van der Waals surface area contributed by atoms with E-state index in [-0.39, 0.29) is 11.9 Å². The Hall–Kier alpha value is -1.01. The molecule has 0 aromatic carbocycles. The molecular weight excluding hydrogens is 260 g/mol. The molecule has 2 aliphatic rings. The predicted molar refractivity (Wildman–Crippen MR) is 75.2 cm³/mol. The van der Waals surface area contributed by atoms with E-state index in [1.54, 1.807) is 0 Å². The summed E-state index contributed by atoms with van der Waals surface area (Å²) in [7, 11) is 0. The lowest BCUT2D eigenvalue weighted by atomic mass is 9.77. The number of hydrogen-bond donors (Lipinski definition) is 2. The Morgan fingerprint density at radius 2 is 2.11 bits per heavy atom. The zero-order valence-electron chi connectivity index (χ0n) is 11.2. The molecule has 1 aromatic heterocycles. The van der Waals surface area contributed by atoms with Gasteiger partial charge in [-0.1, -0.05) is 24.2 Å². The third-order valence-electron chi connectivity index (χ3n) is 4.22. The highest BCUT2D eigenvalue weighted by Gasteiger charge is 2.34. The Balaban J connectivity index is 1.58. The smallest absolute Gasteiger partial charge is 0.243 e. The number of carbonyl (C=O) groups is 1. The number of aryl methyl sites for hydroxylation is 1. The molecule has 3 unspecified atom stereocenters. The molecule has 1 amide bonds. The van der Waals surface area contributed by atoms with Gasteiger partial charge in [0.05, 0.1) is 6.04 Å². The number of anilines is 1. The Kier molecular flexibility index (Phi) is 3.79. The normalized spacial score (nSPS) is 30.7. The molecule has 0 spiro atoms. The van der Waals surface area contributed by atoms with Crippen LogP contribution in [0.25, 0.3) is 0 Å². The number of piperidine rings is 1. The van der Waals surface area contributed by atoms with Crippen molar-refractivity contribution in [1.29, 1.82) is 0 Å². The van der Waals surface area contributed by atoms with Crippen molar-refractivity contribution in [2.45, 2.75) is 57.5 Å². The average Bonchev–Trinajstić information content (AvgIpc) is 2.83. The maximum Gasteiger partial charge on any atom is 0.243 e. The van der Waals surface area contributed by atoms with E-state index >= 15 is 0 Å². The fourth-order valence-electron chi connectivity index (χ4n) is 3.24. The Morgan fingerprint density at radius 1 is 1.26 bits per heavy atom. The lowest BCUT2D eigenvalue weighted by Gasteiger charge is -2.39. The highest BCUT2D eigenvalue weighted by Crippen LogP contribution is 2.32. The third kappa shape index (κ3) is 2.95. The van der Waals surface area contributed by atoms with Gasteiger partial charge in [0, 0.05) is 6.04 Å². The molecular formula is C13H20N4OS. The predicted octanol–water partition coefficient (Wildman–Crippen LogP) is 2.10. The van der Waals surface area contributed by atoms with Crippen molar-refractivity contribution in [3.05, 3.63) is 5.01 Å². The van der Waals surface area contributed by atoms with Crippen LogP contribution in [-0.4, -0.2) is 28.2 Å². The molecule has 1 saturated heterocycles. The molecule has 2 N–H and O–H groups in total. The summed E-state index contributed by atoms with van der Waals surface area (Å²) in [6.45, 7) is 1.89. The lowest BCUT2D eigenvalue weighted by Crippen LogP contribution is -2.53. The van der Waals surface area contributed by atoms with Gasteiger partial charge < -0.3 is 5.32 Å². The van der Waals surface area contributed by atoms with Gasteiger partial charge in [0.25, 0.3) is 0 Å². The molecule has 0 radical (unpaired) electrons. The van der Waals surface area contributed by atoms with Crippen molar-refractivity contribution in [2.75, 3.05) is 5.32 Å². The number of nitrogens with one attached hydrogen (secondary N) is 2. The SMILES string of the molecule is Cc1nnc(NC(=O)C2CCC3CCCCC3N2)s1. The summed E-state index contributed by atoms with van der Waals surface area (Å²) in [5, 5.41) is 15.7. The van der Waals surface area contributed by atoms with Crippen LogP contribution in [0.15, 0.2) is 0 Å². The van der Waals surface area contributed by atoms with Gasteiger partial charge in [0.1, 0.15) is 5.01 Å². The second-order valence-corrected chi connectivity index (χ2v) is 6.74. The van der Waals surface area contributed by atoms with Gasteiger partial charge in [0.2, 0.25) is 11.0 Å². The second-order valence-electron chi connectivity index (χ2n) is 5.56. The quantitative estimate of drug-likeness (QED) is 0.870. The van der Waals surface area contributed by atoms with Crippen LogP contribution in [0.3, 0.4) is 0 Å². The molecule has 1 saturated carbocycles. The summed E-state index contributed by atoms with van der Waals surface area (Å²) in [6.07, 6.45) is 7.28. The fourth-order valence-corrected chi connectivity index (χ4v) is 3.84. The molecule has 2 heterocycles. The standard InChI is InChI=1S/C13H20N4OS/c1-8-16-17-13(19-8)15-12(18)11-7-6-9-4-2-3-5-10(9)14-11/h9-11,14H,2-7H2,1H3,(H,15,17,18). The van der Waals surface area contributed by atoms with Gasteiger partial charge in [-0.2, -0.15) is 0 Å². The topological polar surface area (TPSA) is 66.9 Å². The highest BCUT2D eigenvalue weighted by atomic mass is 32.1. The van der Waals surface area contributed by atoms with Gasteiger partial charge in [0.15, 0.2) is 0 Å². The number of hydrogen-bond acceptors (Lipinski definition) is 5. The number of rotatable bonds is 2. The van der Waals surface area contributed by atoms with E-state index in [0.717, 1.165) is 17.3 Å². The number of carbonyl (C=O) groups excluding carboxylic acids is 1. The van der Waals surface area contributed by atoms with Crippen molar-refractivity contribution < 1.29 is 4.79 Å². The van der Waals surface area contributed by atoms with E-state index < -0.39 is 0 Å². The van der Waals surface area contributed by atoms with Gasteiger partial charge in [-0.15, -0.1) is 10.2 Å². The van der Waals surface area contributed by atoms with E-state index in [2.05, 4.69) is 20.8 Å². The molecule has 1 aromatic rings. The molecule has 6 heteroatoms. The Morgan fingerprint density at radius 3 is 2.89 bits per heavy atom. The minimum absolute atomic E-state index is 0.0418. The molecule has 3 rings (SSSR count). The fraction of sp³-hybridized carbons (Fsp3) is 0.769. The van der Waals surface area contributed by atoms with Crippen molar-refractivity contribution in [3.8, 4) is 0 Å². The highest BCUT2D eigenvalue weighted by molar-refractivity contribution is 7.15. The summed E-state index contributed by atoms with van der Waals surface area (Å²) >= 11 is 1.42. The largest absolute Gasteiger partial charge is 0.303 e. The third-order valence-corrected chi connectivity index (χ3v) is 4.98. The van der Waals surface area contributed by atoms with E-state index in [4.69, 9.17) is 0 Å². The number of fused-ring (bicyclic) bond motifs is 1. The monoisotopic (exact) mass is 280 g/mol. The van der Waals surface area contributed by atoms with E-state index in [1.807, 2.05) is 6.92 Å². The maximum atomic E-state index is 12.2. The molecule has 2 fully saturated rings. The van der Waals surface area contributed by atoms with Crippen molar-refractivity contribution in [1.82, 2.24) is 15.5 Å². The van der Waals surface area contributed by atoms with Crippen LogP contribution in [0, 0.1) is 12.8 Å². The van der Waals surface area contributed by atoms with E-state index in [1.165, 1.54) is 43.4 Å². The van der Waals surface area contributed by atoms with Crippen LogP contribution in [0.5, 0.6) is 0 Å². The van der Waals surface area contributed by atoms with Crippen LogP contribution >= 0.6 is 11.3 Å². The average molecular weight is 280 g/mol. The minimum Gasteiger partial charge on any atom is -0.303 e. The van der Waals surface area contributed by atoms with Gasteiger partial charge in [-0.3, -0.25) is 10.1 Å². The molecule has 104 valence electrons. The van der Waals surface area contributed by atoms with E-state index in [9.17, 15) is 4.79 Å². The zero-order valence-corrected chi connectivity index (χ0v) is 12.0. The number of nitrogens with zero attached hydrogens (tertiary/aromatic N) is 2. The Labute approximate surface area is 117 Å².